The van der Waals surface area contributed by atoms with Crippen LogP contribution in [-0.4, -0.2) is 31.3 Å². The van der Waals surface area contributed by atoms with E-state index < -0.39 is 11.8 Å². The van der Waals surface area contributed by atoms with Gasteiger partial charge in [0.05, 0.1) is 25.0 Å². The number of methoxy groups -OCH3 is 1. The Morgan fingerprint density at radius 1 is 1.47 bits per heavy atom. The van der Waals surface area contributed by atoms with Gasteiger partial charge in [-0.2, -0.15) is 0 Å². The Bertz CT molecular complexity index is 548. The van der Waals surface area contributed by atoms with Gasteiger partial charge in [0.2, 0.25) is 5.78 Å². The summed E-state index contributed by atoms with van der Waals surface area (Å²) in [4.78, 5) is 29.2. The molecule has 1 spiro atoms. The van der Waals surface area contributed by atoms with Crippen LogP contribution >= 0.6 is 0 Å². The van der Waals surface area contributed by atoms with Crippen molar-refractivity contribution >= 4 is 17.4 Å². The molecule has 0 amide bonds. The average Bonchev–Trinajstić information content (AvgIpc) is 2.92. The summed E-state index contributed by atoms with van der Waals surface area (Å²) in [5, 5.41) is 0. The summed E-state index contributed by atoms with van der Waals surface area (Å²) in [6, 6.07) is 4.67. The first kappa shape index (κ1) is 12.1. The molecule has 0 bridgehead atoms. The SMILES string of the molecule is COC(=O)c1ccc2c(c1)NOC1(CCCO1)C2=O. The summed E-state index contributed by atoms with van der Waals surface area (Å²) in [5.74, 6) is -1.88. The van der Waals surface area contributed by atoms with Crippen LogP contribution in [0.3, 0.4) is 0 Å². The molecule has 1 saturated heterocycles. The fraction of sp³-hybridized carbons (Fsp3) is 0.385. The van der Waals surface area contributed by atoms with Crippen LogP contribution in [0, 0.1) is 0 Å². The highest BCUT2D eigenvalue weighted by Gasteiger charge is 2.48. The lowest BCUT2D eigenvalue weighted by atomic mass is 9.96. The lowest BCUT2D eigenvalue weighted by Gasteiger charge is -2.32. The molecule has 1 aromatic carbocycles. The summed E-state index contributed by atoms with van der Waals surface area (Å²) in [5.41, 5.74) is 3.96. The van der Waals surface area contributed by atoms with Crippen molar-refractivity contribution < 1.29 is 23.9 Å². The van der Waals surface area contributed by atoms with Crippen molar-refractivity contribution in [2.75, 3.05) is 19.2 Å². The second kappa shape index (κ2) is 4.32. The standard InChI is InChI=1S/C13H13NO5/c1-17-12(16)8-3-4-9-10(7-8)14-19-13(11(9)15)5-2-6-18-13/h3-4,7,14H,2,5-6H2,1H3. The molecule has 1 N–H and O–H groups in total. The molecule has 1 fully saturated rings. The molecule has 1 aromatic rings. The van der Waals surface area contributed by atoms with E-state index in [2.05, 4.69) is 10.2 Å². The summed E-state index contributed by atoms with van der Waals surface area (Å²) in [7, 11) is 1.30. The molecule has 100 valence electrons. The predicted molar refractivity (Wildman–Crippen MR) is 64.7 cm³/mol. The van der Waals surface area contributed by atoms with E-state index in [-0.39, 0.29) is 5.78 Å². The molecule has 2 aliphatic heterocycles. The Kier molecular flexibility index (Phi) is 2.76. The van der Waals surface area contributed by atoms with Crippen LogP contribution in [0.25, 0.3) is 0 Å². The van der Waals surface area contributed by atoms with Crippen molar-refractivity contribution in [1.82, 2.24) is 0 Å². The number of ether oxygens (including phenoxy) is 2. The number of carbonyl (C=O) groups excluding carboxylic acids is 2. The number of Topliss-reactive ketones (excluding diaryl/α,β-unsaturated/α-hetero) is 1. The first-order valence-electron chi connectivity index (χ1n) is 6.01. The zero-order valence-corrected chi connectivity index (χ0v) is 10.4. The molecule has 0 radical (unpaired) electrons. The Morgan fingerprint density at radius 3 is 3.00 bits per heavy atom. The second-order valence-electron chi connectivity index (χ2n) is 4.49. The number of benzene rings is 1. The quantitative estimate of drug-likeness (QED) is 0.774. The van der Waals surface area contributed by atoms with Gasteiger partial charge in [-0.1, -0.05) is 0 Å². The monoisotopic (exact) mass is 263 g/mol. The average molecular weight is 263 g/mol. The van der Waals surface area contributed by atoms with Gasteiger partial charge in [0.25, 0.3) is 5.79 Å². The molecule has 0 aliphatic carbocycles. The largest absolute Gasteiger partial charge is 0.465 e. The van der Waals surface area contributed by atoms with Gasteiger partial charge in [0, 0.05) is 12.0 Å². The van der Waals surface area contributed by atoms with Crippen molar-refractivity contribution in [3.8, 4) is 0 Å². The minimum absolute atomic E-state index is 0.213. The van der Waals surface area contributed by atoms with E-state index in [0.717, 1.165) is 6.42 Å². The van der Waals surface area contributed by atoms with E-state index >= 15 is 0 Å². The normalized spacial score (nSPS) is 25.0. The van der Waals surface area contributed by atoms with Crippen molar-refractivity contribution in [1.29, 1.82) is 0 Å². The fourth-order valence-electron chi connectivity index (χ4n) is 2.33. The number of ketones is 1. The Hall–Kier alpha value is -1.92. The first-order valence-corrected chi connectivity index (χ1v) is 6.01. The Labute approximate surface area is 109 Å². The van der Waals surface area contributed by atoms with E-state index in [1.807, 2.05) is 0 Å². The van der Waals surface area contributed by atoms with Gasteiger partial charge in [0.15, 0.2) is 0 Å². The highest BCUT2D eigenvalue weighted by Crippen LogP contribution is 2.37. The molecule has 19 heavy (non-hydrogen) atoms. The number of anilines is 1. The molecule has 2 aliphatic rings. The molecular formula is C13H13NO5. The van der Waals surface area contributed by atoms with Gasteiger partial charge < -0.3 is 9.47 Å². The summed E-state index contributed by atoms with van der Waals surface area (Å²) in [6.45, 7) is 0.503. The first-order chi connectivity index (χ1) is 9.16. The fourth-order valence-corrected chi connectivity index (χ4v) is 2.33. The number of carbonyl (C=O) groups is 2. The minimum Gasteiger partial charge on any atom is -0.465 e. The maximum atomic E-state index is 12.4. The maximum Gasteiger partial charge on any atom is 0.337 e. The minimum atomic E-state index is -1.21. The molecule has 3 rings (SSSR count). The lowest BCUT2D eigenvalue weighted by molar-refractivity contribution is -0.159. The van der Waals surface area contributed by atoms with Gasteiger partial charge in [-0.15, -0.1) is 0 Å². The lowest BCUT2D eigenvalue weighted by Crippen LogP contribution is -2.46. The smallest absolute Gasteiger partial charge is 0.337 e. The molecule has 1 atom stereocenters. The van der Waals surface area contributed by atoms with Crippen LogP contribution in [0.5, 0.6) is 0 Å². The van der Waals surface area contributed by atoms with E-state index in [4.69, 9.17) is 9.57 Å². The maximum absolute atomic E-state index is 12.4. The van der Waals surface area contributed by atoms with Crippen molar-refractivity contribution in [3.05, 3.63) is 29.3 Å². The Balaban J connectivity index is 1.97. The number of nitrogens with one attached hydrogen (secondary N) is 1. The van der Waals surface area contributed by atoms with Crippen LogP contribution in [0.4, 0.5) is 5.69 Å². The van der Waals surface area contributed by atoms with Gasteiger partial charge in [-0.05, 0) is 24.6 Å². The van der Waals surface area contributed by atoms with Gasteiger partial charge in [-0.3, -0.25) is 10.3 Å². The number of fused-ring (bicyclic) bond motifs is 1. The van der Waals surface area contributed by atoms with Crippen LogP contribution in [-0.2, 0) is 14.3 Å². The number of hydrogen-bond donors (Lipinski definition) is 1. The highest BCUT2D eigenvalue weighted by molar-refractivity contribution is 6.08. The van der Waals surface area contributed by atoms with Gasteiger partial charge in [-0.25, -0.2) is 9.63 Å². The predicted octanol–water partition coefficient (Wildman–Crippen LogP) is 1.52. The molecule has 0 saturated carbocycles. The number of hydrogen-bond acceptors (Lipinski definition) is 6. The van der Waals surface area contributed by atoms with E-state index in [1.165, 1.54) is 13.2 Å². The summed E-state index contributed by atoms with van der Waals surface area (Å²) >= 11 is 0. The third-order valence-electron chi connectivity index (χ3n) is 3.34. The topological polar surface area (TPSA) is 73.9 Å². The van der Waals surface area contributed by atoms with Crippen LogP contribution in [0.1, 0.15) is 33.6 Å². The van der Waals surface area contributed by atoms with Gasteiger partial charge >= 0.3 is 5.97 Å². The van der Waals surface area contributed by atoms with Crippen molar-refractivity contribution in [2.45, 2.75) is 18.6 Å². The molecule has 1 unspecified atom stereocenters. The van der Waals surface area contributed by atoms with Crippen LogP contribution < -0.4 is 5.48 Å². The Morgan fingerprint density at radius 2 is 2.32 bits per heavy atom. The zero-order valence-electron chi connectivity index (χ0n) is 10.4. The van der Waals surface area contributed by atoms with Gasteiger partial charge in [0.1, 0.15) is 0 Å². The molecule has 6 nitrogen and oxygen atoms in total. The number of esters is 1. The van der Waals surface area contributed by atoms with E-state index in [0.29, 0.717) is 29.8 Å². The van der Waals surface area contributed by atoms with E-state index in [1.54, 1.807) is 12.1 Å². The highest BCUT2D eigenvalue weighted by atomic mass is 16.8. The molecule has 2 heterocycles. The summed E-state index contributed by atoms with van der Waals surface area (Å²) < 4.78 is 10.1. The number of rotatable bonds is 1. The van der Waals surface area contributed by atoms with Crippen molar-refractivity contribution in [3.63, 3.8) is 0 Å². The van der Waals surface area contributed by atoms with Crippen molar-refractivity contribution in [2.24, 2.45) is 0 Å². The second-order valence-corrected chi connectivity index (χ2v) is 4.49. The third-order valence-corrected chi connectivity index (χ3v) is 3.34. The summed E-state index contributed by atoms with van der Waals surface area (Å²) in [6.07, 6.45) is 1.31. The molecule has 6 heteroatoms. The van der Waals surface area contributed by atoms with E-state index in [9.17, 15) is 9.59 Å². The van der Waals surface area contributed by atoms with Crippen LogP contribution in [0.2, 0.25) is 0 Å². The molecule has 0 aromatic heterocycles. The zero-order chi connectivity index (χ0) is 13.5. The molecular weight excluding hydrogens is 250 g/mol. The van der Waals surface area contributed by atoms with Crippen LogP contribution in [0.15, 0.2) is 18.2 Å². The third kappa shape index (κ3) is 1.80.